The summed E-state index contributed by atoms with van der Waals surface area (Å²) in [5.41, 5.74) is -1.38. The van der Waals surface area contributed by atoms with Crippen LogP contribution < -0.4 is 0 Å². The third-order valence-electron chi connectivity index (χ3n) is 3.19. The van der Waals surface area contributed by atoms with Gasteiger partial charge in [0, 0.05) is 13.2 Å². The Labute approximate surface area is 125 Å². The molecule has 4 nitrogen and oxygen atoms in total. The Morgan fingerprint density at radius 1 is 1.33 bits per heavy atom. The van der Waals surface area contributed by atoms with Gasteiger partial charge in [0.25, 0.3) is 0 Å². The van der Waals surface area contributed by atoms with E-state index in [1.807, 2.05) is 0 Å². The van der Waals surface area contributed by atoms with Crippen LogP contribution in [0.4, 0.5) is 8.78 Å². The second-order valence-electron chi connectivity index (χ2n) is 4.79. The topological polar surface area (TPSA) is 47.3 Å². The molecule has 1 unspecified atom stereocenters. The largest absolute Gasteiger partial charge is 0.383 e. The fraction of sp³-hybridized carbons (Fsp3) is 0.357. The first-order valence-electron chi connectivity index (χ1n) is 6.26. The quantitative estimate of drug-likeness (QED) is 0.922. The zero-order valence-corrected chi connectivity index (χ0v) is 12.4. The highest BCUT2D eigenvalue weighted by atomic mass is 35.5. The van der Waals surface area contributed by atoms with Crippen LogP contribution in [0.2, 0.25) is 5.02 Å². The van der Waals surface area contributed by atoms with E-state index in [0.29, 0.717) is 13.2 Å². The van der Waals surface area contributed by atoms with E-state index in [1.54, 1.807) is 0 Å². The molecule has 1 N–H and O–H groups in total. The van der Waals surface area contributed by atoms with Crippen molar-refractivity contribution in [1.82, 2.24) is 9.78 Å². The number of halogens is 3. The summed E-state index contributed by atoms with van der Waals surface area (Å²) in [4.78, 5) is 0. The minimum absolute atomic E-state index is 0.0565. The number of rotatable bonds is 5. The minimum Gasteiger partial charge on any atom is -0.383 e. The van der Waals surface area contributed by atoms with Crippen LogP contribution in [0.5, 0.6) is 0 Å². The summed E-state index contributed by atoms with van der Waals surface area (Å²) in [7, 11) is 1.53. The molecule has 0 aliphatic rings. The molecule has 0 fully saturated rings. The fourth-order valence-electron chi connectivity index (χ4n) is 2.17. The second-order valence-corrected chi connectivity index (χ2v) is 5.19. The first-order chi connectivity index (χ1) is 9.86. The van der Waals surface area contributed by atoms with Crippen molar-refractivity contribution in [2.75, 3.05) is 13.7 Å². The highest BCUT2D eigenvalue weighted by Crippen LogP contribution is 2.34. The first kappa shape index (κ1) is 15.9. The van der Waals surface area contributed by atoms with Gasteiger partial charge in [-0.3, -0.25) is 4.68 Å². The average molecular weight is 317 g/mol. The Balaban J connectivity index is 2.50. The molecular formula is C14H15ClF2N2O2. The highest BCUT2D eigenvalue weighted by molar-refractivity contribution is 6.31. The maximum absolute atomic E-state index is 13.4. The Morgan fingerprint density at radius 3 is 2.52 bits per heavy atom. The molecule has 0 spiro atoms. The predicted molar refractivity (Wildman–Crippen MR) is 74.1 cm³/mol. The third kappa shape index (κ3) is 3.23. The number of aliphatic hydroxyl groups is 1. The molecule has 1 atom stereocenters. The van der Waals surface area contributed by atoms with E-state index in [1.165, 1.54) is 24.9 Å². The SMILES string of the molecule is COCCn1ncc(Cl)c1C(C)(O)c1cc(F)cc(F)c1. The zero-order chi connectivity index (χ0) is 15.6. The summed E-state index contributed by atoms with van der Waals surface area (Å²) >= 11 is 6.07. The van der Waals surface area contributed by atoms with Gasteiger partial charge in [0.1, 0.15) is 17.2 Å². The fourth-order valence-corrected chi connectivity index (χ4v) is 2.49. The molecule has 0 bridgehead atoms. The molecule has 0 aliphatic carbocycles. The molecule has 1 aromatic carbocycles. The second kappa shape index (κ2) is 6.09. The highest BCUT2D eigenvalue weighted by Gasteiger charge is 2.33. The number of benzene rings is 1. The van der Waals surface area contributed by atoms with Gasteiger partial charge in [-0.15, -0.1) is 0 Å². The van der Waals surface area contributed by atoms with E-state index >= 15 is 0 Å². The van der Waals surface area contributed by atoms with Crippen molar-refractivity contribution in [1.29, 1.82) is 0 Å². The van der Waals surface area contributed by atoms with E-state index in [-0.39, 0.29) is 16.3 Å². The molecule has 1 heterocycles. The summed E-state index contributed by atoms with van der Waals surface area (Å²) in [6.07, 6.45) is 1.37. The van der Waals surface area contributed by atoms with Crippen molar-refractivity contribution >= 4 is 11.6 Å². The molecule has 2 aromatic rings. The van der Waals surface area contributed by atoms with Gasteiger partial charge >= 0.3 is 0 Å². The Bertz CT molecular complexity index is 624. The van der Waals surface area contributed by atoms with Gasteiger partial charge in [0.2, 0.25) is 0 Å². The number of methoxy groups -OCH3 is 1. The van der Waals surface area contributed by atoms with Crippen LogP contribution in [0.3, 0.4) is 0 Å². The maximum atomic E-state index is 13.4. The number of ether oxygens (including phenoxy) is 1. The Morgan fingerprint density at radius 2 is 1.95 bits per heavy atom. The molecule has 114 valence electrons. The Hall–Kier alpha value is -1.50. The summed E-state index contributed by atoms with van der Waals surface area (Å²) in [6, 6.07) is 2.86. The summed E-state index contributed by atoms with van der Waals surface area (Å²) in [5, 5.41) is 15.0. The van der Waals surface area contributed by atoms with Crippen LogP contribution in [0.1, 0.15) is 18.2 Å². The number of hydrogen-bond donors (Lipinski definition) is 1. The molecule has 2 rings (SSSR count). The van der Waals surface area contributed by atoms with Crippen LogP contribution in [0, 0.1) is 11.6 Å². The number of nitrogens with zero attached hydrogens (tertiary/aromatic N) is 2. The maximum Gasteiger partial charge on any atom is 0.130 e. The third-order valence-corrected chi connectivity index (χ3v) is 3.46. The minimum atomic E-state index is -1.69. The zero-order valence-electron chi connectivity index (χ0n) is 11.6. The Kier molecular flexibility index (Phi) is 4.61. The lowest BCUT2D eigenvalue weighted by molar-refractivity contribution is 0.0877. The van der Waals surface area contributed by atoms with E-state index in [4.69, 9.17) is 16.3 Å². The molecule has 21 heavy (non-hydrogen) atoms. The van der Waals surface area contributed by atoms with Crippen molar-refractivity contribution in [3.05, 3.63) is 52.3 Å². The van der Waals surface area contributed by atoms with Gasteiger partial charge in [-0.2, -0.15) is 5.10 Å². The molecule has 0 aliphatic heterocycles. The van der Waals surface area contributed by atoms with Crippen LogP contribution >= 0.6 is 11.6 Å². The van der Waals surface area contributed by atoms with E-state index in [0.717, 1.165) is 18.2 Å². The van der Waals surface area contributed by atoms with Gasteiger partial charge in [-0.05, 0) is 24.6 Å². The summed E-state index contributed by atoms with van der Waals surface area (Å²) < 4.78 is 33.2. The van der Waals surface area contributed by atoms with Gasteiger partial charge in [0.15, 0.2) is 0 Å². The molecular weight excluding hydrogens is 302 g/mol. The molecule has 0 amide bonds. The molecule has 0 radical (unpaired) electrons. The molecule has 1 aromatic heterocycles. The predicted octanol–water partition coefficient (Wildman–Crippen LogP) is 2.72. The lowest BCUT2D eigenvalue weighted by atomic mass is 9.92. The van der Waals surface area contributed by atoms with E-state index in [2.05, 4.69) is 5.10 Å². The summed E-state index contributed by atoms with van der Waals surface area (Å²) in [6.45, 7) is 2.12. The van der Waals surface area contributed by atoms with Gasteiger partial charge in [-0.1, -0.05) is 11.6 Å². The van der Waals surface area contributed by atoms with Crippen LogP contribution in [0.15, 0.2) is 24.4 Å². The van der Waals surface area contributed by atoms with Crippen LogP contribution in [0.25, 0.3) is 0 Å². The van der Waals surface area contributed by atoms with E-state index in [9.17, 15) is 13.9 Å². The van der Waals surface area contributed by atoms with E-state index < -0.39 is 17.2 Å². The number of aromatic nitrogens is 2. The lowest BCUT2D eigenvalue weighted by Crippen LogP contribution is -2.28. The van der Waals surface area contributed by atoms with Gasteiger partial charge in [0.05, 0.1) is 30.1 Å². The summed E-state index contributed by atoms with van der Waals surface area (Å²) in [5.74, 6) is -1.55. The van der Waals surface area contributed by atoms with Crippen molar-refractivity contribution in [2.24, 2.45) is 0 Å². The molecule has 7 heteroatoms. The van der Waals surface area contributed by atoms with Crippen LogP contribution in [-0.4, -0.2) is 28.6 Å². The van der Waals surface area contributed by atoms with Crippen molar-refractivity contribution in [3.63, 3.8) is 0 Å². The number of hydrogen-bond acceptors (Lipinski definition) is 3. The van der Waals surface area contributed by atoms with Crippen molar-refractivity contribution < 1.29 is 18.6 Å². The van der Waals surface area contributed by atoms with Gasteiger partial charge < -0.3 is 9.84 Å². The first-order valence-corrected chi connectivity index (χ1v) is 6.63. The lowest BCUT2D eigenvalue weighted by Gasteiger charge is -2.25. The van der Waals surface area contributed by atoms with Crippen molar-refractivity contribution in [2.45, 2.75) is 19.1 Å². The molecule has 0 saturated carbocycles. The standard InChI is InChI=1S/C14H15ClF2N2O2/c1-14(20,9-5-10(16)7-11(17)6-9)13-12(15)8-18-19(13)3-4-21-2/h5-8,20H,3-4H2,1-2H3. The average Bonchev–Trinajstić information content (AvgIpc) is 2.77. The smallest absolute Gasteiger partial charge is 0.130 e. The monoisotopic (exact) mass is 316 g/mol. The van der Waals surface area contributed by atoms with Crippen molar-refractivity contribution in [3.8, 4) is 0 Å². The normalized spacial score (nSPS) is 14.2. The molecule has 0 saturated heterocycles. The van der Waals surface area contributed by atoms with Crippen LogP contribution in [-0.2, 0) is 16.9 Å². The van der Waals surface area contributed by atoms with Gasteiger partial charge in [-0.25, -0.2) is 8.78 Å².